The number of amides is 1. The number of nitrogens with zero attached hydrogens (tertiary/aromatic N) is 2. The smallest absolute Gasteiger partial charge is 0.271 e. The van der Waals surface area contributed by atoms with E-state index >= 15 is 0 Å². The first-order chi connectivity index (χ1) is 9.90. The quantitative estimate of drug-likeness (QED) is 0.582. The zero-order chi connectivity index (χ0) is 15.5. The third-order valence-corrected chi connectivity index (χ3v) is 5.72. The maximum atomic E-state index is 12.3. The SMILES string of the molecule is [NH]C(=O)C(Cl)N1CCN(S(=O)(=O)Cc2ccccc2)CC1. The number of rotatable bonds is 5. The molecule has 6 nitrogen and oxygen atoms in total. The van der Waals surface area contributed by atoms with Gasteiger partial charge in [-0.25, -0.2) is 8.42 Å². The molecule has 2 rings (SSSR count). The molecule has 1 atom stereocenters. The summed E-state index contributed by atoms with van der Waals surface area (Å²) < 4.78 is 26.1. The predicted molar refractivity (Wildman–Crippen MR) is 80.0 cm³/mol. The first kappa shape index (κ1) is 16.2. The Morgan fingerprint density at radius 3 is 2.29 bits per heavy atom. The Labute approximate surface area is 129 Å². The van der Waals surface area contributed by atoms with Crippen molar-refractivity contribution in [2.45, 2.75) is 11.3 Å². The normalized spacial score (nSPS) is 19.3. The lowest BCUT2D eigenvalue weighted by Crippen LogP contribution is -2.52. The Hall–Kier alpha value is -1.15. The third kappa shape index (κ3) is 4.16. The largest absolute Gasteiger partial charge is 0.277 e. The second-order valence-electron chi connectivity index (χ2n) is 4.88. The van der Waals surface area contributed by atoms with E-state index in [1.54, 1.807) is 29.2 Å². The molecule has 1 aromatic rings. The number of halogens is 1. The minimum absolute atomic E-state index is 0.0322. The van der Waals surface area contributed by atoms with Crippen LogP contribution in [0.2, 0.25) is 0 Å². The highest BCUT2D eigenvalue weighted by Gasteiger charge is 2.31. The highest BCUT2D eigenvalue weighted by molar-refractivity contribution is 7.88. The van der Waals surface area contributed by atoms with Crippen molar-refractivity contribution < 1.29 is 13.2 Å². The second kappa shape index (κ2) is 6.74. The van der Waals surface area contributed by atoms with Gasteiger partial charge in [0.2, 0.25) is 10.0 Å². The van der Waals surface area contributed by atoms with Crippen molar-refractivity contribution in [1.29, 1.82) is 0 Å². The summed E-state index contributed by atoms with van der Waals surface area (Å²) in [4.78, 5) is 12.5. The average molecular weight is 331 g/mol. The molecule has 0 spiro atoms. The molecule has 1 fully saturated rings. The monoisotopic (exact) mass is 330 g/mol. The summed E-state index contributed by atoms with van der Waals surface area (Å²) >= 11 is 5.81. The Balaban J connectivity index is 1.96. The van der Waals surface area contributed by atoms with Gasteiger partial charge in [0, 0.05) is 26.2 Å². The number of nitrogens with one attached hydrogen (secondary N) is 1. The van der Waals surface area contributed by atoms with Gasteiger partial charge in [0.1, 0.15) is 0 Å². The second-order valence-corrected chi connectivity index (χ2v) is 7.26. The molecule has 0 saturated carbocycles. The summed E-state index contributed by atoms with van der Waals surface area (Å²) in [6.07, 6.45) is 0. The summed E-state index contributed by atoms with van der Waals surface area (Å²) in [7, 11) is -3.37. The van der Waals surface area contributed by atoms with Crippen molar-refractivity contribution in [2.24, 2.45) is 0 Å². The van der Waals surface area contributed by atoms with Crippen molar-refractivity contribution >= 4 is 27.5 Å². The number of benzene rings is 1. The van der Waals surface area contributed by atoms with Crippen LogP contribution in [0, 0.1) is 0 Å². The molecular formula is C13H17ClN3O3S. The first-order valence-corrected chi connectivity index (χ1v) is 8.60. The number of hydrogen-bond donors (Lipinski definition) is 0. The van der Waals surface area contributed by atoms with Crippen LogP contribution in [-0.4, -0.2) is 55.2 Å². The van der Waals surface area contributed by atoms with Crippen molar-refractivity contribution in [3.05, 3.63) is 35.9 Å². The summed E-state index contributed by atoms with van der Waals surface area (Å²) in [6.45, 7) is 1.27. The molecule has 1 radical (unpaired) electrons. The molecule has 1 aliphatic heterocycles. The molecule has 0 aliphatic carbocycles. The van der Waals surface area contributed by atoms with E-state index in [1.165, 1.54) is 4.31 Å². The predicted octanol–water partition coefficient (Wildman–Crippen LogP) is 0.508. The number of sulfonamides is 1. The maximum absolute atomic E-state index is 12.3. The molecular weight excluding hydrogens is 314 g/mol. The van der Waals surface area contributed by atoms with Gasteiger partial charge < -0.3 is 0 Å². The van der Waals surface area contributed by atoms with Crippen LogP contribution in [-0.2, 0) is 20.6 Å². The zero-order valence-corrected chi connectivity index (χ0v) is 13.0. The Kier molecular flexibility index (Phi) is 5.21. The van der Waals surface area contributed by atoms with Gasteiger partial charge in [-0.2, -0.15) is 4.31 Å². The van der Waals surface area contributed by atoms with E-state index in [9.17, 15) is 13.2 Å². The van der Waals surface area contributed by atoms with Crippen LogP contribution in [0.15, 0.2) is 30.3 Å². The van der Waals surface area contributed by atoms with Crippen molar-refractivity contribution in [3.63, 3.8) is 0 Å². The molecule has 1 amide bonds. The lowest BCUT2D eigenvalue weighted by molar-refractivity contribution is -0.121. The summed E-state index contributed by atoms with van der Waals surface area (Å²) in [5.74, 6) is -0.896. The van der Waals surface area contributed by atoms with Crippen molar-refractivity contribution in [3.8, 4) is 0 Å². The summed E-state index contributed by atoms with van der Waals surface area (Å²) in [5, 5.41) is 0. The maximum Gasteiger partial charge on any atom is 0.271 e. The van der Waals surface area contributed by atoms with E-state index in [1.807, 2.05) is 6.07 Å². The number of alkyl halides is 1. The molecule has 1 saturated heterocycles. The minimum Gasteiger partial charge on any atom is -0.277 e. The van der Waals surface area contributed by atoms with Gasteiger partial charge >= 0.3 is 0 Å². The Morgan fingerprint density at radius 1 is 1.19 bits per heavy atom. The lowest BCUT2D eigenvalue weighted by Gasteiger charge is -2.35. The fraction of sp³-hybridized carbons (Fsp3) is 0.462. The topological polar surface area (TPSA) is 81.5 Å². The zero-order valence-electron chi connectivity index (χ0n) is 11.4. The molecule has 21 heavy (non-hydrogen) atoms. The summed E-state index contributed by atoms with van der Waals surface area (Å²) in [6, 6.07) is 9.01. The van der Waals surface area contributed by atoms with E-state index in [-0.39, 0.29) is 18.8 Å². The van der Waals surface area contributed by atoms with Gasteiger partial charge in [0.15, 0.2) is 5.50 Å². The van der Waals surface area contributed by atoms with E-state index < -0.39 is 21.4 Å². The number of hydrogen-bond acceptors (Lipinski definition) is 4. The van der Waals surface area contributed by atoms with Crippen molar-refractivity contribution in [2.75, 3.05) is 26.2 Å². The average Bonchev–Trinajstić information content (AvgIpc) is 2.47. The fourth-order valence-electron chi connectivity index (χ4n) is 2.25. The standard InChI is InChI=1S/C13H17ClN3O3S/c14-12(13(15)18)16-6-8-17(9-7-16)21(19,20)10-11-4-2-1-3-5-11/h1-5,12,15H,6-10H2. The van der Waals surface area contributed by atoms with Gasteiger partial charge in [-0.05, 0) is 5.56 Å². The fourth-order valence-corrected chi connectivity index (χ4v) is 3.96. The Morgan fingerprint density at radius 2 is 1.76 bits per heavy atom. The molecule has 0 aromatic heterocycles. The lowest BCUT2D eigenvalue weighted by atomic mass is 10.2. The first-order valence-electron chi connectivity index (χ1n) is 6.55. The van der Waals surface area contributed by atoms with Crippen molar-refractivity contribution in [1.82, 2.24) is 14.9 Å². The van der Waals surface area contributed by atoms with Gasteiger partial charge in [0.25, 0.3) is 5.91 Å². The van der Waals surface area contributed by atoms with Crippen LogP contribution >= 0.6 is 11.6 Å². The van der Waals surface area contributed by atoms with E-state index in [0.717, 1.165) is 5.56 Å². The molecule has 1 aliphatic rings. The van der Waals surface area contributed by atoms with E-state index in [2.05, 4.69) is 0 Å². The van der Waals surface area contributed by atoms with Gasteiger partial charge in [0.05, 0.1) is 5.75 Å². The number of piperazine rings is 1. The van der Waals surface area contributed by atoms with Crippen LogP contribution in [0.1, 0.15) is 5.56 Å². The van der Waals surface area contributed by atoms with Gasteiger partial charge in [-0.15, -0.1) is 0 Å². The van der Waals surface area contributed by atoms with Gasteiger partial charge in [-0.1, -0.05) is 41.9 Å². The molecule has 1 unspecified atom stereocenters. The number of carbonyl (C=O) groups excluding carboxylic acids is 1. The van der Waals surface area contributed by atoms with Gasteiger partial charge in [-0.3, -0.25) is 15.4 Å². The van der Waals surface area contributed by atoms with Crippen LogP contribution in [0.3, 0.4) is 0 Å². The highest BCUT2D eigenvalue weighted by atomic mass is 35.5. The summed E-state index contributed by atoms with van der Waals surface area (Å²) in [5.41, 5.74) is 6.75. The molecule has 1 aromatic carbocycles. The third-order valence-electron chi connectivity index (χ3n) is 3.40. The van der Waals surface area contributed by atoms with E-state index in [0.29, 0.717) is 13.1 Å². The molecule has 115 valence electrons. The highest BCUT2D eigenvalue weighted by Crippen LogP contribution is 2.16. The minimum atomic E-state index is -3.37. The van der Waals surface area contributed by atoms with Crippen LogP contribution in [0.4, 0.5) is 0 Å². The molecule has 1 heterocycles. The van der Waals surface area contributed by atoms with Crippen LogP contribution in [0.5, 0.6) is 0 Å². The van der Waals surface area contributed by atoms with E-state index in [4.69, 9.17) is 17.3 Å². The van der Waals surface area contributed by atoms with Crippen LogP contribution in [0.25, 0.3) is 0 Å². The molecule has 8 heteroatoms. The van der Waals surface area contributed by atoms with Crippen LogP contribution < -0.4 is 5.73 Å². The molecule has 0 bridgehead atoms. The Bertz CT molecular complexity index is 586. The number of carbonyl (C=O) groups is 1. The molecule has 1 N–H and O–H groups in total.